The van der Waals surface area contributed by atoms with E-state index in [4.69, 9.17) is 5.73 Å². The molecule has 6 nitrogen and oxygen atoms in total. The van der Waals surface area contributed by atoms with Crippen molar-refractivity contribution in [1.29, 1.82) is 0 Å². The topological polar surface area (TPSA) is 79.5 Å². The Morgan fingerprint density at radius 3 is 2.84 bits per heavy atom. The predicted molar refractivity (Wildman–Crippen MR) is 95.2 cm³/mol. The lowest BCUT2D eigenvalue weighted by atomic mass is 9.77. The quantitative estimate of drug-likeness (QED) is 0.905. The van der Waals surface area contributed by atoms with Crippen LogP contribution in [0.1, 0.15) is 48.9 Å². The summed E-state index contributed by atoms with van der Waals surface area (Å²) in [7, 11) is 0. The van der Waals surface area contributed by atoms with Crippen LogP contribution in [-0.2, 0) is 4.79 Å². The summed E-state index contributed by atoms with van der Waals surface area (Å²) in [5.74, 6) is 1.17. The van der Waals surface area contributed by atoms with Crippen LogP contribution in [0.3, 0.4) is 0 Å². The molecule has 1 saturated carbocycles. The third kappa shape index (κ3) is 2.87. The van der Waals surface area contributed by atoms with Gasteiger partial charge in [0.15, 0.2) is 0 Å². The molecule has 1 spiro atoms. The van der Waals surface area contributed by atoms with E-state index in [-0.39, 0.29) is 5.41 Å². The minimum absolute atomic E-state index is 0.310. The Morgan fingerprint density at radius 2 is 2.12 bits per heavy atom. The fourth-order valence-electron chi connectivity index (χ4n) is 4.59. The van der Waals surface area contributed by atoms with Gasteiger partial charge in [-0.1, -0.05) is 6.42 Å². The van der Waals surface area contributed by atoms with Gasteiger partial charge in [-0.2, -0.15) is 0 Å². The van der Waals surface area contributed by atoms with Gasteiger partial charge in [-0.3, -0.25) is 9.59 Å². The Morgan fingerprint density at radius 1 is 1.28 bits per heavy atom. The summed E-state index contributed by atoms with van der Waals surface area (Å²) < 4.78 is 0. The molecule has 1 aromatic rings. The predicted octanol–water partition coefficient (Wildman–Crippen LogP) is 1.80. The van der Waals surface area contributed by atoms with Crippen LogP contribution >= 0.6 is 0 Å². The van der Waals surface area contributed by atoms with E-state index in [9.17, 15) is 9.59 Å². The molecule has 6 heteroatoms. The second kappa shape index (κ2) is 6.32. The van der Waals surface area contributed by atoms with Crippen LogP contribution < -0.4 is 10.6 Å². The highest BCUT2D eigenvalue weighted by molar-refractivity contribution is 5.98. The highest BCUT2D eigenvalue weighted by Gasteiger charge is 2.49. The third-order valence-electron chi connectivity index (χ3n) is 6.23. The number of hydrogen-bond donors (Lipinski definition) is 1. The Kier molecular flexibility index (Phi) is 4.13. The number of aromatic nitrogens is 1. The summed E-state index contributed by atoms with van der Waals surface area (Å²) in [5, 5.41) is 0. The first-order chi connectivity index (χ1) is 12.1. The van der Waals surface area contributed by atoms with Crippen molar-refractivity contribution in [3.63, 3.8) is 0 Å². The van der Waals surface area contributed by atoms with E-state index in [1.165, 1.54) is 19.3 Å². The number of carbonyl (C=O) groups is 2. The van der Waals surface area contributed by atoms with Crippen LogP contribution in [0.15, 0.2) is 18.3 Å². The normalized spacial score (nSPS) is 27.0. The minimum atomic E-state index is -0.467. The molecule has 1 aliphatic carbocycles. The number of hydrogen-bond acceptors (Lipinski definition) is 4. The first-order valence-electron chi connectivity index (χ1n) is 9.38. The average Bonchev–Trinajstić information content (AvgIpc) is 3.00. The number of rotatable bonds is 4. The van der Waals surface area contributed by atoms with Crippen molar-refractivity contribution in [2.45, 2.75) is 38.5 Å². The molecule has 3 aliphatic rings. The fraction of sp³-hybridized carbons (Fsp3) is 0.632. The average molecular weight is 342 g/mol. The second-order valence-electron chi connectivity index (χ2n) is 7.84. The molecular formula is C19H26N4O2. The van der Waals surface area contributed by atoms with Gasteiger partial charge in [0, 0.05) is 32.4 Å². The molecule has 0 unspecified atom stereocenters. The van der Waals surface area contributed by atoms with Crippen molar-refractivity contribution in [2.75, 3.05) is 31.1 Å². The van der Waals surface area contributed by atoms with Gasteiger partial charge in [0.1, 0.15) is 5.82 Å². The molecule has 2 amide bonds. The number of carbonyl (C=O) groups excluding carboxylic acids is 2. The number of pyridine rings is 1. The van der Waals surface area contributed by atoms with E-state index < -0.39 is 5.91 Å². The van der Waals surface area contributed by atoms with Gasteiger partial charge in [-0.25, -0.2) is 4.98 Å². The molecule has 1 aromatic heterocycles. The van der Waals surface area contributed by atoms with Crippen molar-refractivity contribution in [1.82, 2.24) is 9.88 Å². The smallest absolute Gasteiger partial charge is 0.252 e. The van der Waals surface area contributed by atoms with Crippen LogP contribution in [0.4, 0.5) is 5.82 Å². The lowest BCUT2D eigenvalue weighted by Crippen LogP contribution is -2.51. The van der Waals surface area contributed by atoms with Crippen molar-refractivity contribution in [3.8, 4) is 0 Å². The van der Waals surface area contributed by atoms with Crippen molar-refractivity contribution >= 4 is 17.6 Å². The lowest BCUT2D eigenvalue weighted by Gasteiger charge is -2.42. The zero-order chi connectivity index (χ0) is 17.4. The van der Waals surface area contributed by atoms with Gasteiger partial charge in [0.05, 0.1) is 11.0 Å². The summed E-state index contributed by atoms with van der Waals surface area (Å²) in [5.41, 5.74) is 5.63. The molecule has 1 atom stereocenters. The molecule has 0 radical (unpaired) electrons. The summed E-state index contributed by atoms with van der Waals surface area (Å²) in [4.78, 5) is 33.5. The van der Waals surface area contributed by atoms with E-state index in [0.717, 1.165) is 38.9 Å². The van der Waals surface area contributed by atoms with Crippen LogP contribution in [0.5, 0.6) is 0 Å². The van der Waals surface area contributed by atoms with Crippen LogP contribution in [0.25, 0.3) is 0 Å². The Balaban J connectivity index is 1.52. The van der Waals surface area contributed by atoms with Crippen molar-refractivity contribution < 1.29 is 9.59 Å². The Bertz CT molecular complexity index is 688. The lowest BCUT2D eigenvalue weighted by molar-refractivity contribution is -0.146. The van der Waals surface area contributed by atoms with E-state index in [1.807, 2.05) is 0 Å². The molecule has 4 rings (SSSR count). The monoisotopic (exact) mass is 342 g/mol. The second-order valence-corrected chi connectivity index (χ2v) is 7.84. The molecule has 3 fully saturated rings. The summed E-state index contributed by atoms with van der Waals surface area (Å²) >= 11 is 0. The number of anilines is 1. The number of nitrogens with two attached hydrogens (primary N) is 1. The van der Waals surface area contributed by atoms with Crippen LogP contribution in [0.2, 0.25) is 0 Å². The number of nitrogens with zero attached hydrogens (tertiary/aromatic N) is 3. The maximum atomic E-state index is 13.2. The van der Waals surface area contributed by atoms with Crippen LogP contribution in [-0.4, -0.2) is 47.9 Å². The van der Waals surface area contributed by atoms with E-state index in [0.29, 0.717) is 29.8 Å². The number of piperidine rings is 1. The summed E-state index contributed by atoms with van der Waals surface area (Å²) in [6.07, 6.45) is 8.35. The molecule has 134 valence electrons. The van der Waals surface area contributed by atoms with E-state index >= 15 is 0 Å². The molecule has 2 saturated heterocycles. The van der Waals surface area contributed by atoms with Gasteiger partial charge in [-0.15, -0.1) is 0 Å². The molecule has 3 heterocycles. The van der Waals surface area contributed by atoms with Crippen molar-refractivity contribution in [2.24, 2.45) is 17.1 Å². The van der Waals surface area contributed by atoms with Gasteiger partial charge < -0.3 is 15.5 Å². The molecule has 0 aromatic carbocycles. The zero-order valence-electron chi connectivity index (χ0n) is 14.6. The zero-order valence-corrected chi connectivity index (χ0v) is 14.6. The summed E-state index contributed by atoms with van der Waals surface area (Å²) in [6.45, 7) is 3.22. The molecule has 25 heavy (non-hydrogen) atoms. The van der Waals surface area contributed by atoms with Crippen LogP contribution in [0, 0.1) is 11.3 Å². The summed E-state index contributed by atoms with van der Waals surface area (Å²) in [6, 6.07) is 3.43. The Labute approximate surface area is 148 Å². The fourth-order valence-corrected chi connectivity index (χ4v) is 4.59. The van der Waals surface area contributed by atoms with E-state index in [2.05, 4.69) is 14.8 Å². The van der Waals surface area contributed by atoms with Crippen molar-refractivity contribution in [3.05, 3.63) is 23.9 Å². The number of amides is 2. The molecular weight excluding hydrogens is 316 g/mol. The molecule has 0 bridgehead atoms. The number of primary amides is 1. The Hall–Kier alpha value is -2.11. The SMILES string of the molecule is NC(=O)c1cccnc1N1CC[C@@]2(CCCN(CC3CCC3)C2=O)C1. The van der Waals surface area contributed by atoms with E-state index in [1.54, 1.807) is 18.3 Å². The minimum Gasteiger partial charge on any atom is -0.365 e. The third-order valence-corrected chi connectivity index (χ3v) is 6.23. The van der Waals surface area contributed by atoms with Gasteiger partial charge in [-0.05, 0) is 50.2 Å². The van der Waals surface area contributed by atoms with Gasteiger partial charge in [0.25, 0.3) is 5.91 Å². The standard InChI is InChI=1S/C19H26N4O2/c20-16(24)15-6-2-9-21-17(15)23-11-8-19(13-23)7-3-10-22(18(19)25)12-14-4-1-5-14/h2,6,9,14H,1,3-5,7-8,10-13H2,(H2,20,24)/t19-/m0/s1. The highest BCUT2D eigenvalue weighted by Crippen LogP contribution is 2.42. The first-order valence-corrected chi connectivity index (χ1v) is 9.38. The first kappa shape index (κ1) is 16.4. The molecule has 2 N–H and O–H groups in total. The highest BCUT2D eigenvalue weighted by atomic mass is 16.2. The number of likely N-dealkylation sites (tertiary alicyclic amines) is 1. The maximum Gasteiger partial charge on any atom is 0.252 e. The maximum absolute atomic E-state index is 13.2. The molecule has 2 aliphatic heterocycles. The largest absolute Gasteiger partial charge is 0.365 e. The van der Waals surface area contributed by atoms with Gasteiger partial charge >= 0.3 is 0 Å². The van der Waals surface area contributed by atoms with Gasteiger partial charge in [0.2, 0.25) is 5.91 Å².